The van der Waals surface area contributed by atoms with Crippen molar-refractivity contribution in [3.63, 3.8) is 0 Å². The number of aromatic nitrogens is 5. The lowest BCUT2D eigenvalue weighted by molar-refractivity contribution is -0.115. The molecule has 1 aromatic carbocycles. The van der Waals surface area contributed by atoms with E-state index in [4.69, 9.17) is 0 Å². The first kappa shape index (κ1) is 18.4. The van der Waals surface area contributed by atoms with Crippen molar-refractivity contribution in [2.75, 3.05) is 5.32 Å². The number of rotatable bonds is 5. The van der Waals surface area contributed by atoms with E-state index < -0.39 is 0 Å². The van der Waals surface area contributed by atoms with Gasteiger partial charge in [-0.2, -0.15) is 0 Å². The number of aromatic amines is 1. The van der Waals surface area contributed by atoms with E-state index >= 15 is 0 Å². The summed E-state index contributed by atoms with van der Waals surface area (Å²) in [7, 11) is 0. The molecule has 1 amide bonds. The maximum absolute atomic E-state index is 12.7. The number of H-pyrrole nitrogens is 1. The van der Waals surface area contributed by atoms with Crippen LogP contribution in [0.15, 0.2) is 49.9 Å². The summed E-state index contributed by atoms with van der Waals surface area (Å²) >= 11 is 2.90. The van der Waals surface area contributed by atoms with Crippen molar-refractivity contribution >= 4 is 40.3 Å². The van der Waals surface area contributed by atoms with Crippen molar-refractivity contribution in [3.8, 4) is 0 Å². The van der Waals surface area contributed by atoms with E-state index in [0.29, 0.717) is 11.3 Å². The van der Waals surface area contributed by atoms with Gasteiger partial charge in [0, 0.05) is 27.9 Å². The highest BCUT2D eigenvalue weighted by Gasteiger charge is 2.15. The third-order valence-corrected chi connectivity index (χ3v) is 6.09. The van der Waals surface area contributed by atoms with Crippen LogP contribution < -0.4 is 10.9 Å². The van der Waals surface area contributed by atoms with Crippen LogP contribution in [-0.2, 0) is 11.2 Å². The molecule has 0 spiro atoms. The molecule has 0 radical (unpaired) electrons. The Morgan fingerprint density at radius 3 is 2.93 bits per heavy atom. The number of carbonyl (C=O) groups is 1. The summed E-state index contributed by atoms with van der Waals surface area (Å²) < 4.78 is 2.41. The van der Waals surface area contributed by atoms with Crippen LogP contribution in [0, 0.1) is 13.8 Å². The number of fused-ring (bicyclic) bond motifs is 1. The fourth-order valence-electron chi connectivity index (χ4n) is 2.93. The molecule has 0 aliphatic carbocycles. The van der Waals surface area contributed by atoms with Gasteiger partial charge in [-0.3, -0.25) is 14.7 Å². The number of para-hydroxylation sites is 1. The molecule has 10 heteroatoms. The molecule has 0 atom stereocenters. The normalized spacial score (nSPS) is 11.1. The quantitative estimate of drug-likeness (QED) is 0.522. The van der Waals surface area contributed by atoms with Crippen molar-refractivity contribution in [2.45, 2.75) is 29.5 Å². The highest BCUT2D eigenvalue weighted by molar-refractivity contribution is 8.01. The highest BCUT2D eigenvalue weighted by Crippen LogP contribution is 2.34. The summed E-state index contributed by atoms with van der Waals surface area (Å²) in [5.74, 6) is -0.160. The summed E-state index contributed by atoms with van der Waals surface area (Å²) in [6, 6.07) is 9.00. The van der Waals surface area contributed by atoms with Gasteiger partial charge in [-0.05, 0) is 26.0 Å². The molecule has 0 aliphatic heterocycles. The Kier molecular flexibility index (Phi) is 4.97. The molecular weight excluding hydrogens is 396 g/mol. The largest absolute Gasteiger partial charge is 0.325 e. The van der Waals surface area contributed by atoms with Gasteiger partial charge < -0.3 is 5.32 Å². The number of hydrogen-bond donors (Lipinski definition) is 2. The molecule has 8 nitrogen and oxygen atoms in total. The minimum Gasteiger partial charge on any atom is -0.325 e. The van der Waals surface area contributed by atoms with E-state index in [2.05, 4.69) is 25.6 Å². The average molecular weight is 413 g/mol. The van der Waals surface area contributed by atoms with Crippen molar-refractivity contribution < 1.29 is 4.79 Å². The van der Waals surface area contributed by atoms with E-state index in [1.807, 2.05) is 38.1 Å². The van der Waals surface area contributed by atoms with Crippen molar-refractivity contribution in [1.29, 1.82) is 0 Å². The van der Waals surface area contributed by atoms with Crippen LogP contribution >= 0.6 is 23.1 Å². The van der Waals surface area contributed by atoms with E-state index in [1.165, 1.54) is 29.2 Å². The Morgan fingerprint density at radius 1 is 1.32 bits per heavy atom. The predicted octanol–water partition coefficient (Wildman–Crippen LogP) is 2.82. The third-order valence-electron chi connectivity index (χ3n) is 4.24. The number of carbonyl (C=O) groups excluding carboxylic acids is 1. The Bertz CT molecular complexity index is 1210. The molecule has 0 aliphatic rings. The molecular formula is C18H16N6O2S2. The first-order chi connectivity index (χ1) is 13.5. The third kappa shape index (κ3) is 3.69. The molecule has 0 unspecified atom stereocenters. The Balaban J connectivity index is 1.57. The van der Waals surface area contributed by atoms with Gasteiger partial charge in [0.15, 0.2) is 9.99 Å². The van der Waals surface area contributed by atoms with E-state index in [1.54, 1.807) is 10.0 Å². The summed E-state index contributed by atoms with van der Waals surface area (Å²) in [4.78, 5) is 29.6. The number of nitrogens with zero attached hydrogens (tertiary/aromatic N) is 4. The first-order valence-electron chi connectivity index (χ1n) is 8.42. The van der Waals surface area contributed by atoms with Crippen LogP contribution in [0.5, 0.6) is 0 Å². The van der Waals surface area contributed by atoms with Crippen LogP contribution in [0.3, 0.4) is 0 Å². The standard InChI is InChI=1S/C18H16N6O2S2/c1-10-12(11(2)24-15(20-10)8-17(26)23-24)7-16(25)21-13-5-3-4-6-14(13)28-18-22-19-9-27-18/h3-6,8-9H,7H2,1-2H3,(H,21,25)(H,23,26). The van der Waals surface area contributed by atoms with E-state index in [0.717, 1.165) is 26.2 Å². The van der Waals surface area contributed by atoms with Gasteiger partial charge in [0.25, 0.3) is 5.56 Å². The lowest BCUT2D eigenvalue weighted by atomic mass is 10.1. The molecule has 4 aromatic rings. The molecule has 4 rings (SSSR count). The molecule has 3 aromatic heterocycles. The zero-order chi connectivity index (χ0) is 19.7. The molecule has 0 saturated carbocycles. The van der Waals surface area contributed by atoms with Crippen LogP contribution in [0.1, 0.15) is 17.0 Å². The predicted molar refractivity (Wildman–Crippen MR) is 108 cm³/mol. The molecule has 0 bridgehead atoms. The fraction of sp³-hybridized carbons (Fsp3) is 0.167. The van der Waals surface area contributed by atoms with Gasteiger partial charge in [0.2, 0.25) is 5.91 Å². The summed E-state index contributed by atoms with van der Waals surface area (Å²) in [5.41, 5.74) is 5.00. The number of amides is 1. The maximum Gasteiger partial charge on any atom is 0.266 e. The number of benzene rings is 1. The Hall–Kier alpha value is -2.98. The number of aryl methyl sites for hydroxylation is 2. The van der Waals surface area contributed by atoms with Crippen LogP contribution in [0.4, 0.5) is 5.69 Å². The lowest BCUT2D eigenvalue weighted by Gasteiger charge is -2.13. The van der Waals surface area contributed by atoms with Gasteiger partial charge >= 0.3 is 0 Å². The zero-order valence-corrected chi connectivity index (χ0v) is 16.7. The van der Waals surface area contributed by atoms with Crippen LogP contribution in [0.25, 0.3) is 5.65 Å². The second-order valence-electron chi connectivity index (χ2n) is 6.10. The van der Waals surface area contributed by atoms with E-state index in [-0.39, 0.29) is 17.9 Å². The molecule has 0 saturated heterocycles. The molecule has 3 heterocycles. The average Bonchev–Trinajstić information content (AvgIpc) is 3.29. The van der Waals surface area contributed by atoms with E-state index in [9.17, 15) is 9.59 Å². The number of hydrogen-bond acceptors (Lipinski definition) is 7. The number of anilines is 1. The van der Waals surface area contributed by atoms with Crippen molar-refractivity contribution in [2.24, 2.45) is 0 Å². The fourth-order valence-corrected chi connectivity index (χ4v) is 4.45. The minimum atomic E-state index is -0.223. The lowest BCUT2D eigenvalue weighted by Crippen LogP contribution is -2.18. The van der Waals surface area contributed by atoms with Gasteiger partial charge in [-0.15, -0.1) is 10.2 Å². The van der Waals surface area contributed by atoms with Gasteiger partial charge in [0.05, 0.1) is 12.1 Å². The maximum atomic E-state index is 12.7. The monoisotopic (exact) mass is 412 g/mol. The summed E-state index contributed by atoms with van der Waals surface area (Å²) in [6.45, 7) is 3.70. The zero-order valence-electron chi connectivity index (χ0n) is 15.1. The minimum absolute atomic E-state index is 0.151. The van der Waals surface area contributed by atoms with Gasteiger partial charge in [-0.25, -0.2) is 9.50 Å². The van der Waals surface area contributed by atoms with Gasteiger partial charge in [-0.1, -0.05) is 35.2 Å². The Morgan fingerprint density at radius 2 is 2.14 bits per heavy atom. The van der Waals surface area contributed by atoms with Gasteiger partial charge in [0.1, 0.15) is 5.51 Å². The SMILES string of the molecule is Cc1nc2cc(=O)[nH]n2c(C)c1CC(=O)Nc1ccccc1Sc1nncs1. The summed E-state index contributed by atoms with van der Waals surface area (Å²) in [5, 5.41) is 13.5. The molecule has 142 valence electrons. The Labute approximate surface area is 168 Å². The smallest absolute Gasteiger partial charge is 0.266 e. The highest BCUT2D eigenvalue weighted by atomic mass is 32.2. The van der Waals surface area contributed by atoms with Crippen molar-refractivity contribution in [3.05, 3.63) is 63.1 Å². The number of nitrogens with one attached hydrogen (secondary N) is 2. The molecule has 2 N–H and O–H groups in total. The first-order valence-corrected chi connectivity index (χ1v) is 10.1. The van der Waals surface area contributed by atoms with Crippen LogP contribution in [-0.4, -0.2) is 30.7 Å². The molecule has 28 heavy (non-hydrogen) atoms. The van der Waals surface area contributed by atoms with Crippen molar-refractivity contribution in [1.82, 2.24) is 24.8 Å². The second-order valence-corrected chi connectivity index (χ2v) is 8.23. The molecule has 0 fully saturated rings. The topological polar surface area (TPSA) is 105 Å². The van der Waals surface area contributed by atoms with Crippen LogP contribution in [0.2, 0.25) is 0 Å². The summed E-state index contributed by atoms with van der Waals surface area (Å²) in [6.07, 6.45) is 0.151. The second kappa shape index (κ2) is 7.56.